The van der Waals surface area contributed by atoms with Gasteiger partial charge in [-0.05, 0) is 96.6 Å². The summed E-state index contributed by atoms with van der Waals surface area (Å²) in [4.78, 5) is 82.9. The van der Waals surface area contributed by atoms with E-state index in [0.29, 0.717) is 35.9 Å². The van der Waals surface area contributed by atoms with Crippen molar-refractivity contribution in [3.63, 3.8) is 0 Å². The molecule has 16 heteroatoms. The first-order valence-electron chi connectivity index (χ1n) is 16.8. The Kier molecular flexibility index (Phi) is 10.2. The Morgan fingerprint density at radius 2 is 1.73 bits per heavy atom. The number of hydrogen-bond donors (Lipinski definition) is 3. The molecule has 0 amide bonds. The number of nitrogens with one attached hydrogen (secondary N) is 1. The molecule has 1 aromatic heterocycles. The minimum Gasteiger partial charge on any atom is -0.462 e. The fourth-order valence-corrected chi connectivity index (χ4v) is 10.6. The summed E-state index contributed by atoms with van der Waals surface area (Å²) < 4.78 is 34.6. The van der Waals surface area contributed by atoms with Crippen LogP contribution in [0.15, 0.2) is 15.8 Å². The number of aromatic amines is 1. The zero-order valence-electron chi connectivity index (χ0n) is 27.1. The minimum atomic E-state index is -4.88. The third kappa shape index (κ3) is 7.14. The van der Waals surface area contributed by atoms with Gasteiger partial charge in [0, 0.05) is 30.9 Å². The van der Waals surface area contributed by atoms with Crippen molar-refractivity contribution in [1.82, 2.24) is 9.55 Å². The van der Waals surface area contributed by atoms with Gasteiger partial charge in [-0.15, -0.1) is 0 Å². The number of Topliss-reactive ketones (excluding diaryl/α,β-unsaturated/α-hetero) is 1. The van der Waals surface area contributed by atoms with E-state index in [1.807, 2.05) is 0 Å². The summed E-state index contributed by atoms with van der Waals surface area (Å²) in [5.74, 6) is 1.26. The molecule has 1 aliphatic heterocycles. The molecule has 3 N–H and O–H groups in total. The molecule has 0 radical (unpaired) electrons. The van der Waals surface area contributed by atoms with Gasteiger partial charge in [0.1, 0.15) is 30.3 Å². The van der Waals surface area contributed by atoms with Gasteiger partial charge in [0.2, 0.25) is 0 Å². The molecule has 5 fully saturated rings. The molecule has 1 saturated heterocycles. The van der Waals surface area contributed by atoms with Crippen LogP contribution >= 0.6 is 30.4 Å². The predicted molar refractivity (Wildman–Crippen MR) is 176 cm³/mol. The number of esters is 2. The van der Waals surface area contributed by atoms with Crippen LogP contribution in [0.25, 0.3) is 0 Å². The molecule has 266 valence electrons. The second kappa shape index (κ2) is 13.7. The lowest BCUT2D eigenvalue weighted by atomic mass is 9.45. The van der Waals surface area contributed by atoms with Gasteiger partial charge in [-0.25, -0.2) is 9.36 Å². The van der Waals surface area contributed by atoms with Crippen LogP contribution in [0.4, 0.5) is 0 Å². The second-order valence-corrected chi connectivity index (χ2v) is 17.2. The number of ketones is 1. The number of rotatable bonds is 9. The molecular formula is C32H44IN2O12P. The van der Waals surface area contributed by atoms with E-state index in [0.717, 1.165) is 55.9 Å². The lowest BCUT2D eigenvalue weighted by Gasteiger charge is -2.60. The fourth-order valence-electron chi connectivity index (χ4n) is 9.83. The smallest absolute Gasteiger partial charge is 0.462 e. The summed E-state index contributed by atoms with van der Waals surface area (Å²) in [7, 11) is -4.88. The summed E-state index contributed by atoms with van der Waals surface area (Å²) in [5.41, 5.74) is -1.28. The number of phosphoric ester groups is 1. The van der Waals surface area contributed by atoms with Crippen LogP contribution in [0.3, 0.4) is 0 Å². The first kappa shape index (κ1) is 35.9. The number of hydrogen-bond acceptors (Lipinski definition) is 10. The molecule has 48 heavy (non-hydrogen) atoms. The SMILES string of the molecule is C[C@]12CCC(=O)C[C@@H]1CC[C@@H]1[C@@H]2CC[C@]2(C)[C@@H](OC(=O)CCC(=O)O[C@H]3C[C@H](n4cc([125I])c(=O)[nH]c4=O)O[C@@H]3COP(=O)(O)O)CC[C@@H]12. The maximum atomic E-state index is 13.1. The molecule has 0 spiro atoms. The molecule has 1 aromatic rings. The van der Waals surface area contributed by atoms with Crippen LogP contribution < -0.4 is 11.2 Å². The van der Waals surface area contributed by atoms with Crippen LogP contribution in [0.1, 0.15) is 97.1 Å². The van der Waals surface area contributed by atoms with Crippen molar-refractivity contribution < 1.29 is 47.5 Å². The van der Waals surface area contributed by atoms with Crippen LogP contribution in [-0.4, -0.2) is 62.0 Å². The molecule has 0 unspecified atom stereocenters. The van der Waals surface area contributed by atoms with Crippen molar-refractivity contribution in [1.29, 1.82) is 0 Å². The third-order valence-corrected chi connectivity index (χ3v) is 13.6. The van der Waals surface area contributed by atoms with Gasteiger partial charge < -0.3 is 24.0 Å². The Balaban J connectivity index is 1.04. The molecule has 2 heterocycles. The number of aromatic nitrogens is 2. The predicted octanol–water partition coefficient (Wildman–Crippen LogP) is 3.75. The highest BCUT2D eigenvalue weighted by molar-refractivity contribution is 14.1. The maximum Gasteiger partial charge on any atom is 0.469 e. The second-order valence-electron chi connectivity index (χ2n) is 14.8. The number of halogens is 1. The van der Waals surface area contributed by atoms with Crippen molar-refractivity contribution in [3.8, 4) is 0 Å². The molecule has 14 nitrogen and oxygen atoms in total. The number of carbonyl (C=O) groups excluding carboxylic acids is 3. The summed E-state index contributed by atoms with van der Waals surface area (Å²) in [6.07, 6.45) is 5.70. The molecule has 5 aliphatic rings. The zero-order chi connectivity index (χ0) is 34.6. The van der Waals surface area contributed by atoms with Gasteiger partial charge in [-0.2, -0.15) is 0 Å². The number of nitrogens with zero attached hydrogens (tertiary/aromatic N) is 1. The molecular weight excluding hydrogens is 760 g/mol. The number of fused-ring (bicyclic) bond motifs is 5. The molecule has 6 rings (SSSR count). The molecule has 4 saturated carbocycles. The average Bonchev–Trinajstić information content (AvgIpc) is 3.56. The quantitative estimate of drug-likeness (QED) is 0.186. The molecule has 10 atom stereocenters. The average molecular weight is 805 g/mol. The van der Waals surface area contributed by atoms with Crippen LogP contribution in [0.2, 0.25) is 0 Å². The van der Waals surface area contributed by atoms with Crippen molar-refractivity contribution in [3.05, 3.63) is 30.6 Å². The zero-order valence-corrected chi connectivity index (χ0v) is 30.2. The fraction of sp³-hybridized carbons (Fsp3) is 0.781. The Morgan fingerprint density at radius 1 is 1.02 bits per heavy atom. The molecule has 4 aliphatic carbocycles. The summed E-state index contributed by atoms with van der Waals surface area (Å²) in [6.45, 7) is 4.03. The van der Waals surface area contributed by atoms with E-state index >= 15 is 0 Å². The number of phosphoric acid groups is 1. The highest BCUT2D eigenvalue weighted by Crippen LogP contribution is 2.66. The first-order chi connectivity index (χ1) is 22.6. The van der Waals surface area contributed by atoms with E-state index in [-0.39, 0.29) is 39.8 Å². The standard InChI is InChI=1S/C32H44IN2O12P/c1-31-11-9-18(36)13-17(31)3-4-19-20-5-6-25(32(20,2)12-10-21(19)31)47-28(38)8-7-27(37)46-23-14-26(45-24(23)16-44-48(41,42)43)35-15-22(33)29(39)34-30(35)40/h15,17,19-21,23-26H,3-14,16H2,1-2H3,(H,34,39,40)(H2,41,42,43)/t17-,19-,20-,21-,23-,24+,25-,26+,31-,32-/m0/s1/i33-2. The normalized spacial score (nSPS) is 37.7. The summed E-state index contributed by atoms with van der Waals surface area (Å²) in [5, 5.41) is 0. The third-order valence-electron chi connectivity index (χ3n) is 12.3. The highest BCUT2D eigenvalue weighted by atomic mass is 125. The Morgan fingerprint density at radius 3 is 2.46 bits per heavy atom. The summed E-state index contributed by atoms with van der Waals surface area (Å²) >= 11 is 1.75. The van der Waals surface area contributed by atoms with Crippen molar-refractivity contribution in [2.24, 2.45) is 34.5 Å². The lowest BCUT2D eigenvalue weighted by Crippen LogP contribution is -2.54. The van der Waals surface area contributed by atoms with Crippen LogP contribution in [-0.2, 0) is 37.7 Å². The van der Waals surface area contributed by atoms with Crippen molar-refractivity contribution in [2.45, 2.75) is 115 Å². The van der Waals surface area contributed by atoms with Gasteiger partial charge in [0.25, 0.3) is 5.56 Å². The summed E-state index contributed by atoms with van der Waals surface area (Å²) in [6, 6.07) is 0. The van der Waals surface area contributed by atoms with Gasteiger partial charge in [-0.1, -0.05) is 13.8 Å². The number of carbonyl (C=O) groups is 3. The highest BCUT2D eigenvalue weighted by Gasteiger charge is 2.61. The Hall–Kier alpha value is -1.91. The maximum absolute atomic E-state index is 13.1. The van der Waals surface area contributed by atoms with Crippen molar-refractivity contribution >= 4 is 48.1 Å². The monoisotopic (exact) mass is 804 g/mol. The van der Waals surface area contributed by atoms with E-state index in [1.165, 1.54) is 6.20 Å². The Bertz CT molecular complexity index is 1610. The van der Waals surface area contributed by atoms with E-state index in [2.05, 4.69) is 23.4 Å². The van der Waals surface area contributed by atoms with E-state index in [4.69, 9.17) is 14.2 Å². The topological polar surface area (TPSA) is 201 Å². The van der Waals surface area contributed by atoms with Crippen molar-refractivity contribution in [2.75, 3.05) is 6.61 Å². The van der Waals surface area contributed by atoms with Gasteiger partial charge in [0.15, 0.2) is 0 Å². The number of H-pyrrole nitrogens is 1. The first-order valence-corrected chi connectivity index (χ1v) is 19.5. The van der Waals surface area contributed by atoms with E-state index < -0.39 is 56.1 Å². The molecule has 0 bridgehead atoms. The van der Waals surface area contributed by atoms with E-state index in [1.54, 1.807) is 22.6 Å². The van der Waals surface area contributed by atoms with E-state index in [9.17, 15) is 38.3 Å². The lowest BCUT2D eigenvalue weighted by molar-refractivity contribution is -0.167. The van der Waals surface area contributed by atoms with Crippen LogP contribution in [0.5, 0.6) is 0 Å². The van der Waals surface area contributed by atoms with Gasteiger partial charge >= 0.3 is 25.5 Å². The minimum absolute atomic E-state index is 0.0620. The Labute approximate surface area is 291 Å². The van der Waals surface area contributed by atoms with Gasteiger partial charge in [0.05, 0.1) is 23.0 Å². The van der Waals surface area contributed by atoms with Gasteiger partial charge in [-0.3, -0.25) is 33.3 Å². The number of ether oxygens (including phenoxy) is 3. The van der Waals surface area contributed by atoms with Crippen LogP contribution in [0, 0.1) is 38.1 Å². The molecule has 0 aromatic carbocycles. The largest absolute Gasteiger partial charge is 0.469 e.